The Labute approximate surface area is 230 Å². The van der Waals surface area contributed by atoms with Crippen molar-refractivity contribution < 1.29 is 24.2 Å². The Balaban J connectivity index is 1.34. The second-order valence-corrected chi connectivity index (χ2v) is 12.9. The SMILES string of the molecule is COc1cc(C2c3sc(=O)[nH]c3SC3C4CC(C5C(=O)N(c6ccc(Cl)cc6)C(=O)C45)C23)cc(OC)c1O. The number of H-pyrrole nitrogens is 1. The Kier molecular flexibility index (Phi) is 5.41. The fourth-order valence-corrected chi connectivity index (χ4v) is 10.3. The number of imide groups is 1. The van der Waals surface area contributed by atoms with Gasteiger partial charge in [0.1, 0.15) is 0 Å². The van der Waals surface area contributed by atoms with Crippen molar-refractivity contribution in [3.8, 4) is 17.2 Å². The molecule has 2 saturated carbocycles. The van der Waals surface area contributed by atoms with E-state index in [0.29, 0.717) is 10.7 Å². The number of aromatic nitrogens is 1. The molecule has 4 aliphatic rings. The third-order valence-electron chi connectivity index (χ3n) is 8.67. The highest BCUT2D eigenvalue weighted by Crippen LogP contribution is 2.69. The lowest BCUT2D eigenvalue weighted by molar-refractivity contribution is -0.123. The van der Waals surface area contributed by atoms with E-state index >= 15 is 0 Å². The molecule has 11 heteroatoms. The maximum Gasteiger partial charge on any atom is 0.305 e. The molecule has 196 valence electrons. The standard InChI is InChI=1S/C27H23ClN2O6S2/c1-35-15-7-10(8-16(36-2)21(15)31)17-18-13-9-14(22(18)37-24-23(17)38-27(34)29-24)20-19(13)25(32)30(26(20)33)12-5-3-11(28)4-6-12/h3-8,13-14,17-20,22,31H,9H2,1-2H3,(H,29,34). The third kappa shape index (κ3) is 3.20. The Morgan fingerprint density at radius 3 is 2.26 bits per heavy atom. The number of hydrogen-bond donors (Lipinski definition) is 2. The normalized spacial score (nSPS) is 30.8. The van der Waals surface area contributed by atoms with Gasteiger partial charge in [0.15, 0.2) is 11.5 Å². The summed E-state index contributed by atoms with van der Waals surface area (Å²) in [6, 6.07) is 10.4. The van der Waals surface area contributed by atoms with E-state index in [1.165, 1.54) is 30.5 Å². The number of hydrogen-bond acceptors (Lipinski definition) is 8. The van der Waals surface area contributed by atoms with Gasteiger partial charge in [-0.05, 0) is 66.1 Å². The number of anilines is 1. The van der Waals surface area contributed by atoms with Gasteiger partial charge in [0.05, 0.1) is 36.8 Å². The number of phenolic OH excluding ortho intramolecular Hbond substituents is 1. The zero-order valence-electron chi connectivity index (χ0n) is 20.3. The number of ether oxygens (including phenoxy) is 2. The van der Waals surface area contributed by atoms with Crippen LogP contribution in [0.5, 0.6) is 17.2 Å². The third-order valence-corrected chi connectivity index (χ3v) is 11.5. The molecule has 3 heterocycles. The van der Waals surface area contributed by atoms with Gasteiger partial charge in [-0.15, -0.1) is 11.8 Å². The van der Waals surface area contributed by atoms with Crippen LogP contribution in [0.3, 0.4) is 0 Å². The summed E-state index contributed by atoms with van der Waals surface area (Å²) >= 11 is 8.85. The van der Waals surface area contributed by atoms with Gasteiger partial charge in [0, 0.05) is 21.1 Å². The lowest BCUT2D eigenvalue weighted by Gasteiger charge is -2.43. The summed E-state index contributed by atoms with van der Waals surface area (Å²) in [5.74, 6) is -0.857. The van der Waals surface area contributed by atoms with Crippen LogP contribution in [0.15, 0.2) is 46.2 Å². The van der Waals surface area contributed by atoms with Crippen LogP contribution >= 0.6 is 34.7 Å². The van der Waals surface area contributed by atoms with Crippen LogP contribution in [0, 0.1) is 29.6 Å². The maximum absolute atomic E-state index is 13.8. The Morgan fingerprint density at radius 2 is 1.63 bits per heavy atom. The van der Waals surface area contributed by atoms with E-state index < -0.39 is 5.92 Å². The molecule has 2 aromatic carbocycles. The molecular formula is C27H23ClN2O6S2. The predicted molar refractivity (Wildman–Crippen MR) is 144 cm³/mol. The topological polar surface area (TPSA) is 109 Å². The predicted octanol–water partition coefficient (Wildman–Crippen LogP) is 4.49. The van der Waals surface area contributed by atoms with Gasteiger partial charge < -0.3 is 19.6 Å². The second-order valence-electron chi connectivity index (χ2n) is 10.2. The van der Waals surface area contributed by atoms with Gasteiger partial charge in [0.25, 0.3) is 0 Å². The van der Waals surface area contributed by atoms with Crippen molar-refractivity contribution in [3.63, 3.8) is 0 Å². The van der Waals surface area contributed by atoms with Gasteiger partial charge in [-0.3, -0.25) is 19.3 Å². The first-order valence-electron chi connectivity index (χ1n) is 12.3. The first-order chi connectivity index (χ1) is 18.3. The Bertz CT molecular complexity index is 1530. The van der Waals surface area contributed by atoms with Crippen molar-refractivity contribution >= 4 is 52.2 Å². The van der Waals surface area contributed by atoms with Gasteiger partial charge in [-0.1, -0.05) is 22.9 Å². The number of fused-ring (bicyclic) bond motifs is 9. The van der Waals surface area contributed by atoms with Crippen molar-refractivity contribution in [2.45, 2.75) is 22.6 Å². The summed E-state index contributed by atoms with van der Waals surface area (Å²) in [5, 5.41) is 11.9. The zero-order chi connectivity index (χ0) is 26.5. The number of halogens is 1. The van der Waals surface area contributed by atoms with Gasteiger partial charge in [-0.2, -0.15) is 0 Å². The highest BCUT2D eigenvalue weighted by molar-refractivity contribution is 8.00. The van der Waals surface area contributed by atoms with E-state index in [1.54, 1.807) is 48.2 Å². The highest BCUT2D eigenvalue weighted by atomic mass is 35.5. The number of carbonyl (C=O) groups is 2. The molecule has 0 radical (unpaired) electrons. The highest BCUT2D eigenvalue weighted by Gasteiger charge is 2.69. The fourth-order valence-electron chi connectivity index (χ4n) is 7.33. The summed E-state index contributed by atoms with van der Waals surface area (Å²) < 4.78 is 10.9. The largest absolute Gasteiger partial charge is 0.502 e. The number of aromatic hydroxyl groups is 1. The van der Waals surface area contributed by atoms with Crippen LogP contribution in [0.1, 0.15) is 22.8 Å². The Hall–Kier alpha value is -2.95. The lowest BCUT2D eigenvalue weighted by atomic mass is 9.68. The molecule has 2 N–H and O–H groups in total. The minimum atomic E-state index is -0.411. The van der Waals surface area contributed by atoms with E-state index in [4.69, 9.17) is 21.1 Å². The lowest BCUT2D eigenvalue weighted by Crippen LogP contribution is -2.42. The van der Waals surface area contributed by atoms with Crippen LogP contribution in [-0.4, -0.2) is 41.4 Å². The second kappa shape index (κ2) is 8.53. The van der Waals surface area contributed by atoms with Crippen LogP contribution in [0.2, 0.25) is 5.02 Å². The number of aromatic amines is 1. The molecule has 2 bridgehead atoms. The smallest absolute Gasteiger partial charge is 0.305 e. The minimum absolute atomic E-state index is 0.00806. The van der Waals surface area contributed by atoms with Crippen LogP contribution in [0.25, 0.3) is 0 Å². The maximum atomic E-state index is 13.8. The first-order valence-corrected chi connectivity index (χ1v) is 14.4. The average molecular weight is 571 g/mol. The summed E-state index contributed by atoms with van der Waals surface area (Å²) in [6.45, 7) is 0. The molecule has 1 aromatic heterocycles. The number of thioether (sulfide) groups is 1. The number of carbonyl (C=O) groups excluding carboxylic acids is 2. The molecule has 2 aliphatic heterocycles. The van der Waals surface area contributed by atoms with Crippen LogP contribution in [0.4, 0.5) is 5.69 Å². The quantitative estimate of drug-likeness (QED) is 0.445. The van der Waals surface area contributed by atoms with Gasteiger partial charge in [0.2, 0.25) is 17.6 Å². The minimum Gasteiger partial charge on any atom is -0.502 e. The number of benzene rings is 2. The molecule has 3 fully saturated rings. The van der Waals surface area contributed by atoms with Crippen molar-refractivity contribution in [2.75, 3.05) is 19.1 Å². The van der Waals surface area contributed by atoms with E-state index in [0.717, 1.165) is 21.9 Å². The van der Waals surface area contributed by atoms with Crippen molar-refractivity contribution in [1.82, 2.24) is 4.98 Å². The van der Waals surface area contributed by atoms with Crippen molar-refractivity contribution in [2.24, 2.45) is 29.6 Å². The molecule has 3 aromatic rings. The summed E-state index contributed by atoms with van der Waals surface area (Å²) in [6.07, 6.45) is 0.783. The van der Waals surface area contributed by atoms with E-state index in [2.05, 4.69) is 4.98 Å². The molecule has 0 spiro atoms. The van der Waals surface area contributed by atoms with Gasteiger partial charge in [-0.25, -0.2) is 0 Å². The first kappa shape index (κ1) is 24.1. The molecule has 38 heavy (non-hydrogen) atoms. The number of nitrogens with one attached hydrogen (secondary N) is 1. The molecule has 7 rings (SSSR count). The fraction of sp³-hybridized carbons (Fsp3) is 0.370. The number of nitrogens with zero attached hydrogens (tertiary/aromatic N) is 1. The molecule has 1 saturated heterocycles. The zero-order valence-corrected chi connectivity index (χ0v) is 22.7. The van der Waals surface area contributed by atoms with Crippen LogP contribution in [-0.2, 0) is 9.59 Å². The number of phenols is 1. The van der Waals surface area contributed by atoms with E-state index in [-0.39, 0.29) is 68.8 Å². The monoisotopic (exact) mass is 570 g/mol. The Morgan fingerprint density at radius 1 is 1.00 bits per heavy atom. The van der Waals surface area contributed by atoms with E-state index in [9.17, 15) is 19.5 Å². The number of methoxy groups -OCH3 is 2. The summed E-state index contributed by atoms with van der Waals surface area (Å²) in [7, 11) is 2.96. The van der Waals surface area contributed by atoms with E-state index in [1.807, 2.05) is 0 Å². The molecule has 2 aliphatic carbocycles. The number of thiazole rings is 1. The van der Waals surface area contributed by atoms with Crippen LogP contribution < -0.4 is 19.2 Å². The molecule has 2 amide bonds. The van der Waals surface area contributed by atoms with Gasteiger partial charge >= 0.3 is 4.87 Å². The number of rotatable bonds is 4. The van der Waals surface area contributed by atoms with Crippen molar-refractivity contribution in [1.29, 1.82) is 0 Å². The molecule has 7 unspecified atom stereocenters. The summed E-state index contributed by atoms with van der Waals surface area (Å²) in [4.78, 5) is 45.1. The van der Waals surface area contributed by atoms with Crippen molar-refractivity contribution in [3.05, 3.63) is 61.5 Å². The molecular weight excluding hydrogens is 548 g/mol. The molecule has 8 nitrogen and oxygen atoms in total. The summed E-state index contributed by atoms with van der Waals surface area (Å²) in [5.41, 5.74) is 1.39. The molecule has 7 atom stereocenters. The average Bonchev–Trinajstić information content (AvgIpc) is 3.64. The number of amides is 2.